The SMILES string of the molecule is CCC1CCC(O)C(CC(C)CO)C1. The van der Waals surface area contributed by atoms with Crippen LogP contribution in [0, 0.1) is 17.8 Å². The zero-order chi connectivity index (χ0) is 10.6. The molecule has 0 aromatic heterocycles. The van der Waals surface area contributed by atoms with Crippen molar-refractivity contribution >= 4 is 0 Å². The lowest BCUT2D eigenvalue weighted by atomic mass is 9.75. The molecule has 0 heterocycles. The lowest BCUT2D eigenvalue weighted by Crippen LogP contribution is -2.30. The van der Waals surface area contributed by atoms with E-state index in [4.69, 9.17) is 5.11 Å². The molecule has 0 amide bonds. The Kier molecular flexibility index (Phi) is 4.90. The molecule has 1 saturated carbocycles. The smallest absolute Gasteiger partial charge is 0.0568 e. The van der Waals surface area contributed by atoms with Crippen LogP contribution in [0.15, 0.2) is 0 Å². The first-order valence-corrected chi connectivity index (χ1v) is 5.96. The predicted octanol–water partition coefficient (Wildman–Crippen LogP) is 2.19. The molecule has 0 aromatic rings. The van der Waals surface area contributed by atoms with E-state index in [1.807, 2.05) is 0 Å². The fourth-order valence-corrected chi connectivity index (χ4v) is 2.56. The van der Waals surface area contributed by atoms with Crippen molar-refractivity contribution in [2.45, 2.75) is 52.1 Å². The average molecular weight is 200 g/mol. The third-order valence-corrected chi connectivity index (χ3v) is 3.65. The summed E-state index contributed by atoms with van der Waals surface area (Å²) >= 11 is 0. The number of hydrogen-bond acceptors (Lipinski definition) is 2. The zero-order valence-corrected chi connectivity index (χ0v) is 9.45. The molecule has 0 radical (unpaired) electrons. The maximum Gasteiger partial charge on any atom is 0.0568 e. The van der Waals surface area contributed by atoms with E-state index in [1.54, 1.807) is 0 Å². The molecule has 1 fully saturated rings. The number of hydrogen-bond donors (Lipinski definition) is 2. The van der Waals surface area contributed by atoms with Gasteiger partial charge >= 0.3 is 0 Å². The van der Waals surface area contributed by atoms with Crippen molar-refractivity contribution in [3.8, 4) is 0 Å². The van der Waals surface area contributed by atoms with Crippen LogP contribution in [0.4, 0.5) is 0 Å². The molecular weight excluding hydrogens is 176 g/mol. The van der Waals surface area contributed by atoms with Crippen LogP contribution in [0.1, 0.15) is 46.0 Å². The van der Waals surface area contributed by atoms with Crippen LogP contribution in [-0.4, -0.2) is 22.9 Å². The zero-order valence-electron chi connectivity index (χ0n) is 9.45. The lowest BCUT2D eigenvalue weighted by molar-refractivity contribution is 0.0307. The summed E-state index contributed by atoms with van der Waals surface area (Å²) in [6.45, 7) is 4.54. The van der Waals surface area contributed by atoms with Crippen LogP contribution in [0.3, 0.4) is 0 Å². The van der Waals surface area contributed by atoms with Crippen molar-refractivity contribution in [3.05, 3.63) is 0 Å². The molecule has 2 N–H and O–H groups in total. The quantitative estimate of drug-likeness (QED) is 0.730. The van der Waals surface area contributed by atoms with Gasteiger partial charge in [-0.3, -0.25) is 0 Å². The van der Waals surface area contributed by atoms with Gasteiger partial charge in [-0.15, -0.1) is 0 Å². The van der Waals surface area contributed by atoms with Gasteiger partial charge in [-0.2, -0.15) is 0 Å². The first-order valence-electron chi connectivity index (χ1n) is 5.96. The normalized spacial score (nSPS) is 35.6. The van der Waals surface area contributed by atoms with E-state index >= 15 is 0 Å². The summed E-state index contributed by atoms with van der Waals surface area (Å²) < 4.78 is 0. The van der Waals surface area contributed by atoms with Gasteiger partial charge in [0.25, 0.3) is 0 Å². The van der Waals surface area contributed by atoms with Gasteiger partial charge < -0.3 is 10.2 Å². The lowest BCUT2D eigenvalue weighted by Gasteiger charge is -2.34. The molecule has 4 atom stereocenters. The summed E-state index contributed by atoms with van der Waals surface area (Å²) in [4.78, 5) is 0. The minimum Gasteiger partial charge on any atom is -0.396 e. The molecule has 4 unspecified atom stereocenters. The monoisotopic (exact) mass is 200 g/mol. The van der Waals surface area contributed by atoms with E-state index < -0.39 is 0 Å². The minimum absolute atomic E-state index is 0.119. The van der Waals surface area contributed by atoms with Gasteiger partial charge in [-0.05, 0) is 43.4 Å². The summed E-state index contributed by atoms with van der Waals surface area (Å²) in [5.41, 5.74) is 0. The Bertz CT molecular complexity index is 156. The molecule has 1 aliphatic rings. The van der Waals surface area contributed by atoms with Gasteiger partial charge in [0.2, 0.25) is 0 Å². The van der Waals surface area contributed by atoms with Crippen LogP contribution in [0.5, 0.6) is 0 Å². The fraction of sp³-hybridized carbons (Fsp3) is 1.00. The molecule has 0 bridgehead atoms. The van der Waals surface area contributed by atoms with Crippen LogP contribution >= 0.6 is 0 Å². The van der Waals surface area contributed by atoms with Gasteiger partial charge in [-0.25, -0.2) is 0 Å². The minimum atomic E-state index is -0.119. The topological polar surface area (TPSA) is 40.5 Å². The summed E-state index contributed by atoms with van der Waals surface area (Å²) in [5, 5.41) is 18.8. The van der Waals surface area contributed by atoms with Crippen molar-refractivity contribution in [3.63, 3.8) is 0 Å². The Morgan fingerprint density at radius 3 is 2.64 bits per heavy atom. The molecule has 0 aliphatic heterocycles. The Labute approximate surface area is 87.3 Å². The third kappa shape index (κ3) is 3.25. The van der Waals surface area contributed by atoms with Gasteiger partial charge in [0, 0.05) is 6.61 Å². The standard InChI is InChI=1S/C12H24O2/c1-3-10-4-5-12(14)11(7-10)6-9(2)8-13/h9-14H,3-8H2,1-2H3. The first kappa shape index (κ1) is 12.0. The highest BCUT2D eigenvalue weighted by Crippen LogP contribution is 2.34. The van der Waals surface area contributed by atoms with E-state index in [0.717, 1.165) is 25.2 Å². The summed E-state index contributed by atoms with van der Waals surface area (Å²) in [7, 11) is 0. The number of rotatable bonds is 4. The second kappa shape index (κ2) is 5.72. The summed E-state index contributed by atoms with van der Waals surface area (Å²) in [5.74, 6) is 1.57. The maximum absolute atomic E-state index is 9.85. The Morgan fingerprint density at radius 1 is 1.36 bits per heavy atom. The van der Waals surface area contributed by atoms with Crippen molar-refractivity contribution in [1.82, 2.24) is 0 Å². The summed E-state index contributed by atoms with van der Waals surface area (Å²) in [6.07, 6.45) is 5.39. The van der Waals surface area contributed by atoms with Gasteiger partial charge in [0.05, 0.1) is 6.10 Å². The third-order valence-electron chi connectivity index (χ3n) is 3.65. The maximum atomic E-state index is 9.85. The van der Waals surface area contributed by atoms with Crippen LogP contribution in [0.2, 0.25) is 0 Å². The Hall–Kier alpha value is -0.0800. The highest BCUT2D eigenvalue weighted by Gasteiger charge is 2.28. The van der Waals surface area contributed by atoms with Gasteiger partial charge in [0.15, 0.2) is 0 Å². The van der Waals surface area contributed by atoms with E-state index in [0.29, 0.717) is 11.8 Å². The second-order valence-electron chi connectivity index (χ2n) is 4.94. The van der Waals surface area contributed by atoms with E-state index in [-0.39, 0.29) is 12.7 Å². The van der Waals surface area contributed by atoms with Crippen molar-refractivity contribution in [1.29, 1.82) is 0 Å². The molecule has 1 rings (SSSR count). The van der Waals surface area contributed by atoms with Crippen LogP contribution < -0.4 is 0 Å². The van der Waals surface area contributed by atoms with E-state index in [2.05, 4.69) is 13.8 Å². The average Bonchev–Trinajstić information content (AvgIpc) is 2.21. The highest BCUT2D eigenvalue weighted by molar-refractivity contribution is 4.80. The Morgan fingerprint density at radius 2 is 2.07 bits per heavy atom. The highest BCUT2D eigenvalue weighted by atomic mass is 16.3. The molecule has 14 heavy (non-hydrogen) atoms. The van der Waals surface area contributed by atoms with E-state index in [1.165, 1.54) is 12.8 Å². The largest absolute Gasteiger partial charge is 0.396 e. The molecule has 1 aliphatic carbocycles. The van der Waals surface area contributed by atoms with Crippen LogP contribution in [0.25, 0.3) is 0 Å². The number of aliphatic hydroxyl groups is 2. The van der Waals surface area contributed by atoms with Crippen molar-refractivity contribution in [2.75, 3.05) is 6.61 Å². The second-order valence-corrected chi connectivity index (χ2v) is 4.94. The Balaban J connectivity index is 2.40. The predicted molar refractivity (Wildman–Crippen MR) is 58.0 cm³/mol. The molecule has 2 nitrogen and oxygen atoms in total. The number of aliphatic hydroxyl groups excluding tert-OH is 2. The van der Waals surface area contributed by atoms with E-state index in [9.17, 15) is 5.11 Å². The molecule has 84 valence electrons. The van der Waals surface area contributed by atoms with Crippen molar-refractivity contribution < 1.29 is 10.2 Å². The fourth-order valence-electron chi connectivity index (χ4n) is 2.56. The molecule has 0 spiro atoms. The molecular formula is C12H24O2. The van der Waals surface area contributed by atoms with Crippen molar-refractivity contribution in [2.24, 2.45) is 17.8 Å². The molecule has 2 heteroatoms. The first-order chi connectivity index (χ1) is 6.67. The summed E-state index contributed by atoms with van der Waals surface area (Å²) in [6, 6.07) is 0. The van der Waals surface area contributed by atoms with Gasteiger partial charge in [0.1, 0.15) is 0 Å². The van der Waals surface area contributed by atoms with Crippen LogP contribution in [-0.2, 0) is 0 Å². The molecule has 0 aromatic carbocycles. The van der Waals surface area contributed by atoms with Gasteiger partial charge in [-0.1, -0.05) is 20.3 Å². The molecule has 0 saturated heterocycles.